The standard InChI is InChI=1S/C13H16ClN3O2S/c1-9-13(10(2)16-15-9)20(18,19)17(3)8-11-5-4-6-12(14)7-11/h4-7H,8H2,1-3H3,(H,15,16). The third-order valence-electron chi connectivity index (χ3n) is 3.02. The van der Waals surface area contributed by atoms with E-state index in [-0.39, 0.29) is 11.4 Å². The zero-order valence-electron chi connectivity index (χ0n) is 11.5. The molecule has 5 nitrogen and oxygen atoms in total. The van der Waals surface area contributed by atoms with Crippen molar-refractivity contribution in [2.45, 2.75) is 25.3 Å². The van der Waals surface area contributed by atoms with Crippen LogP contribution in [0.15, 0.2) is 29.2 Å². The first kappa shape index (κ1) is 15.0. The quantitative estimate of drug-likeness (QED) is 0.943. The lowest BCUT2D eigenvalue weighted by Gasteiger charge is -2.17. The van der Waals surface area contributed by atoms with Crippen LogP contribution in [0.3, 0.4) is 0 Å². The monoisotopic (exact) mass is 313 g/mol. The molecule has 1 aromatic heterocycles. The second kappa shape index (κ2) is 5.55. The smallest absolute Gasteiger partial charge is 0.246 e. The summed E-state index contributed by atoms with van der Waals surface area (Å²) in [6.07, 6.45) is 0. The SMILES string of the molecule is Cc1n[nH]c(C)c1S(=O)(=O)N(C)Cc1cccc(Cl)c1. The first-order valence-electron chi connectivity index (χ1n) is 6.04. The molecular weight excluding hydrogens is 298 g/mol. The van der Waals surface area contributed by atoms with E-state index in [1.807, 2.05) is 6.07 Å². The van der Waals surface area contributed by atoms with E-state index in [0.29, 0.717) is 16.4 Å². The molecule has 7 heteroatoms. The molecule has 0 amide bonds. The Morgan fingerprint density at radius 3 is 2.60 bits per heavy atom. The molecule has 0 aliphatic heterocycles. The first-order chi connectivity index (χ1) is 9.32. The molecule has 1 aromatic carbocycles. The van der Waals surface area contributed by atoms with E-state index >= 15 is 0 Å². The van der Waals surface area contributed by atoms with Crippen molar-refractivity contribution in [2.24, 2.45) is 0 Å². The Morgan fingerprint density at radius 1 is 1.35 bits per heavy atom. The zero-order chi connectivity index (χ0) is 14.9. The Kier molecular flexibility index (Phi) is 4.17. The number of H-pyrrole nitrogens is 1. The molecule has 2 aromatic rings. The van der Waals surface area contributed by atoms with Crippen molar-refractivity contribution < 1.29 is 8.42 Å². The van der Waals surface area contributed by atoms with Gasteiger partial charge in [0.05, 0.1) is 11.4 Å². The minimum atomic E-state index is -3.57. The van der Waals surface area contributed by atoms with Gasteiger partial charge >= 0.3 is 0 Å². The predicted octanol–water partition coefficient (Wildman–Crippen LogP) is 2.50. The summed E-state index contributed by atoms with van der Waals surface area (Å²) >= 11 is 5.91. The number of aromatic amines is 1. The van der Waals surface area contributed by atoms with E-state index in [4.69, 9.17) is 11.6 Å². The number of nitrogens with zero attached hydrogens (tertiary/aromatic N) is 2. The predicted molar refractivity (Wildman–Crippen MR) is 78.2 cm³/mol. The van der Waals surface area contributed by atoms with E-state index in [1.54, 1.807) is 39.1 Å². The fourth-order valence-corrected chi connectivity index (χ4v) is 3.75. The molecule has 0 fully saturated rings. The van der Waals surface area contributed by atoms with E-state index in [2.05, 4.69) is 10.2 Å². The number of hydrogen-bond donors (Lipinski definition) is 1. The summed E-state index contributed by atoms with van der Waals surface area (Å²) in [7, 11) is -2.03. The number of benzene rings is 1. The number of nitrogens with one attached hydrogen (secondary N) is 1. The van der Waals surface area contributed by atoms with Gasteiger partial charge in [-0.05, 0) is 31.5 Å². The van der Waals surface area contributed by atoms with Crippen LogP contribution in [0.4, 0.5) is 0 Å². The van der Waals surface area contributed by atoms with Crippen LogP contribution in [0.5, 0.6) is 0 Å². The maximum absolute atomic E-state index is 12.6. The van der Waals surface area contributed by atoms with Crippen LogP contribution in [0.2, 0.25) is 5.02 Å². The van der Waals surface area contributed by atoms with Gasteiger partial charge in [-0.15, -0.1) is 0 Å². The average Bonchev–Trinajstić information content (AvgIpc) is 2.69. The largest absolute Gasteiger partial charge is 0.281 e. The highest BCUT2D eigenvalue weighted by Gasteiger charge is 2.26. The molecular formula is C13H16ClN3O2S. The van der Waals surface area contributed by atoms with E-state index in [9.17, 15) is 8.42 Å². The minimum Gasteiger partial charge on any atom is -0.281 e. The molecule has 0 aliphatic carbocycles. The van der Waals surface area contributed by atoms with Crippen LogP contribution in [-0.4, -0.2) is 30.0 Å². The highest BCUT2D eigenvalue weighted by molar-refractivity contribution is 7.89. The fourth-order valence-electron chi connectivity index (χ4n) is 2.05. The normalized spacial score (nSPS) is 12.1. The Bertz CT molecular complexity index is 705. The van der Waals surface area contributed by atoms with Crippen LogP contribution >= 0.6 is 11.6 Å². The highest BCUT2D eigenvalue weighted by Crippen LogP contribution is 2.22. The summed E-state index contributed by atoms with van der Waals surface area (Å²) < 4.78 is 26.4. The van der Waals surface area contributed by atoms with E-state index in [0.717, 1.165) is 5.56 Å². The van der Waals surface area contributed by atoms with Crippen LogP contribution in [0.25, 0.3) is 0 Å². The second-order valence-electron chi connectivity index (χ2n) is 4.65. The Balaban J connectivity index is 2.31. The fraction of sp³-hybridized carbons (Fsp3) is 0.308. The topological polar surface area (TPSA) is 66.1 Å². The van der Waals surface area contributed by atoms with Crippen molar-refractivity contribution in [1.82, 2.24) is 14.5 Å². The second-order valence-corrected chi connectivity index (χ2v) is 7.07. The first-order valence-corrected chi connectivity index (χ1v) is 7.86. The molecule has 0 bridgehead atoms. The zero-order valence-corrected chi connectivity index (χ0v) is 13.1. The molecule has 0 unspecified atom stereocenters. The van der Waals surface area contributed by atoms with Gasteiger partial charge in [0.2, 0.25) is 10.0 Å². The summed E-state index contributed by atoms with van der Waals surface area (Å²) in [5.74, 6) is 0. The van der Waals surface area contributed by atoms with Gasteiger partial charge in [0, 0.05) is 18.6 Å². The van der Waals surface area contributed by atoms with E-state index < -0.39 is 10.0 Å². The van der Waals surface area contributed by atoms with Gasteiger partial charge < -0.3 is 0 Å². The van der Waals surface area contributed by atoms with Crippen molar-refractivity contribution in [3.8, 4) is 0 Å². The summed E-state index contributed by atoms with van der Waals surface area (Å²) in [5.41, 5.74) is 1.85. The number of rotatable bonds is 4. The van der Waals surface area contributed by atoms with Crippen LogP contribution < -0.4 is 0 Å². The van der Waals surface area contributed by atoms with Gasteiger partial charge in [0.1, 0.15) is 4.90 Å². The van der Waals surface area contributed by atoms with Gasteiger partial charge in [0.25, 0.3) is 0 Å². The maximum Gasteiger partial charge on any atom is 0.246 e. The number of aromatic nitrogens is 2. The molecule has 108 valence electrons. The average molecular weight is 314 g/mol. The molecule has 2 rings (SSSR count). The Labute approximate surface area is 123 Å². The van der Waals surface area contributed by atoms with Gasteiger partial charge in [0.15, 0.2) is 0 Å². The van der Waals surface area contributed by atoms with Crippen LogP contribution in [0.1, 0.15) is 17.0 Å². The lowest BCUT2D eigenvalue weighted by Crippen LogP contribution is -2.27. The van der Waals surface area contributed by atoms with Crippen molar-refractivity contribution >= 4 is 21.6 Å². The maximum atomic E-state index is 12.6. The lowest BCUT2D eigenvalue weighted by molar-refractivity contribution is 0.466. The van der Waals surface area contributed by atoms with Crippen LogP contribution in [0, 0.1) is 13.8 Å². The lowest BCUT2D eigenvalue weighted by atomic mass is 10.2. The summed E-state index contributed by atoms with van der Waals surface area (Å²) in [6.45, 7) is 3.62. The minimum absolute atomic E-state index is 0.238. The molecule has 0 saturated carbocycles. The van der Waals surface area contributed by atoms with Gasteiger partial charge in [-0.2, -0.15) is 9.40 Å². The number of sulfonamides is 1. The molecule has 0 spiro atoms. The highest BCUT2D eigenvalue weighted by atomic mass is 35.5. The Hall–Kier alpha value is -1.37. The van der Waals surface area contributed by atoms with Crippen molar-refractivity contribution in [1.29, 1.82) is 0 Å². The van der Waals surface area contributed by atoms with Crippen LogP contribution in [-0.2, 0) is 16.6 Å². The van der Waals surface area contributed by atoms with Crippen molar-refractivity contribution in [2.75, 3.05) is 7.05 Å². The van der Waals surface area contributed by atoms with Gasteiger partial charge in [-0.1, -0.05) is 23.7 Å². The molecule has 20 heavy (non-hydrogen) atoms. The van der Waals surface area contributed by atoms with Crippen molar-refractivity contribution in [3.63, 3.8) is 0 Å². The number of aryl methyl sites for hydroxylation is 2. The summed E-state index contributed by atoms with van der Waals surface area (Å²) in [6, 6.07) is 7.14. The summed E-state index contributed by atoms with van der Waals surface area (Å²) in [5, 5.41) is 7.21. The molecule has 1 heterocycles. The molecule has 0 atom stereocenters. The number of halogens is 1. The van der Waals surface area contributed by atoms with E-state index in [1.165, 1.54) is 4.31 Å². The number of hydrogen-bond acceptors (Lipinski definition) is 3. The van der Waals surface area contributed by atoms with Crippen molar-refractivity contribution in [3.05, 3.63) is 46.2 Å². The third kappa shape index (κ3) is 2.87. The molecule has 0 saturated heterocycles. The summed E-state index contributed by atoms with van der Waals surface area (Å²) in [4.78, 5) is 0.238. The molecule has 0 aliphatic rings. The Morgan fingerprint density at radius 2 is 2.05 bits per heavy atom. The van der Waals surface area contributed by atoms with Gasteiger partial charge in [-0.25, -0.2) is 8.42 Å². The molecule has 0 radical (unpaired) electrons. The third-order valence-corrected chi connectivity index (χ3v) is 5.33. The van der Waals surface area contributed by atoms with Gasteiger partial charge in [-0.3, -0.25) is 5.10 Å². The molecule has 1 N–H and O–H groups in total.